The van der Waals surface area contributed by atoms with E-state index in [-0.39, 0.29) is 12.0 Å². The molecule has 0 radical (unpaired) electrons. The Bertz CT molecular complexity index is 653. The molecule has 1 saturated heterocycles. The van der Waals surface area contributed by atoms with Crippen molar-refractivity contribution < 1.29 is 19.0 Å². The molecule has 6 nitrogen and oxygen atoms in total. The molecule has 0 aliphatic carbocycles. The zero-order chi connectivity index (χ0) is 17.3. The van der Waals surface area contributed by atoms with Gasteiger partial charge >= 0.3 is 5.97 Å². The first-order valence-corrected chi connectivity index (χ1v) is 8.45. The van der Waals surface area contributed by atoms with Gasteiger partial charge in [-0.3, -0.25) is 4.79 Å². The number of fused-ring (bicyclic) bond motifs is 4. The standard InChI is InChI=1S/C17H22N2O4S/c1-4-22-15(20)13-14-11-7-5-6-8-12(11)23-17(13,2)19(9-10-21-3)16(24)18-14/h5-8,13-14H,4,9-10H2,1-3H3,(H,18,24)/t13-,14+,17-/m0/s1. The Labute approximate surface area is 147 Å². The van der Waals surface area contributed by atoms with E-state index in [1.807, 2.05) is 36.1 Å². The fraction of sp³-hybridized carbons (Fsp3) is 0.529. The second-order valence-electron chi connectivity index (χ2n) is 6.00. The lowest BCUT2D eigenvalue weighted by molar-refractivity contribution is -0.176. The Morgan fingerprint density at radius 3 is 2.92 bits per heavy atom. The van der Waals surface area contributed by atoms with Crippen molar-refractivity contribution in [2.45, 2.75) is 25.6 Å². The number of methoxy groups -OCH3 is 1. The number of nitrogens with zero attached hydrogens (tertiary/aromatic N) is 1. The minimum absolute atomic E-state index is 0.273. The van der Waals surface area contributed by atoms with Gasteiger partial charge < -0.3 is 24.4 Å². The molecule has 0 saturated carbocycles. The van der Waals surface area contributed by atoms with Gasteiger partial charge in [-0.1, -0.05) is 18.2 Å². The SMILES string of the molecule is CCOC(=O)[C@@H]1[C@@H]2NC(=S)N(CCOC)[C@@]1(C)Oc1ccccc12. The summed E-state index contributed by atoms with van der Waals surface area (Å²) in [4.78, 5) is 14.6. The van der Waals surface area contributed by atoms with Crippen LogP contribution in [0.2, 0.25) is 0 Å². The highest BCUT2D eigenvalue weighted by Crippen LogP contribution is 2.48. The average Bonchev–Trinajstić information content (AvgIpc) is 2.54. The fourth-order valence-electron chi connectivity index (χ4n) is 3.49. The Morgan fingerprint density at radius 2 is 2.21 bits per heavy atom. The van der Waals surface area contributed by atoms with E-state index in [4.69, 9.17) is 26.4 Å². The van der Waals surface area contributed by atoms with Crippen molar-refractivity contribution in [1.29, 1.82) is 0 Å². The first kappa shape index (κ1) is 17.0. The molecule has 0 amide bonds. The lowest BCUT2D eigenvalue weighted by Crippen LogP contribution is -2.71. The van der Waals surface area contributed by atoms with Gasteiger partial charge in [-0.15, -0.1) is 0 Å². The molecule has 7 heteroatoms. The lowest BCUT2D eigenvalue weighted by atomic mass is 9.79. The van der Waals surface area contributed by atoms with Gasteiger partial charge in [-0.2, -0.15) is 0 Å². The smallest absolute Gasteiger partial charge is 0.317 e. The van der Waals surface area contributed by atoms with Crippen molar-refractivity contribution in [2.24, 2.45) is 5.92 Å². The van der Waals surface area contributed by atoms with Gasteiger partial charge in [0.25, 0.3) is 0 Å². The van der Waals surface area contributed by atoms with Gasteiger partial charge in [0.1, 0.15) is 11.7 Å². The average molecular weight is 350 g/mol. The summed E-state index contributed by atoms with van der Waals surface area (Å²) in [5, 5.41) is 3.85. The Kier molecular flexibility index (Phi) is 4.64. The number of benzene rings is 1. The van der Waals surface area contributed by atoms with Gasteiger partial charge in [0, 0.05) is 19.2 Å². The second-order valence-corrected chi connectivity index (χ2v) is 6.38. The number of carbonyl (C=O) groups is 1. The molecule has 1 fully saturated rings. The minimum Gasteiger partial charge on any atom is -0.467 e. The molecule has 2 aliphatic rings. The number of esters is 1. The van der Waals surface area contributed by atoms with E-state index in [1.165, 1.54) is 0 Å². The summed E-state index contributed by atoms with van der Waals surface area (Å²) >= 11 is 5.53. The van der Waals surface area contributed by atoms with E-state index < -0.39 is 11.6 Å². The molecule has 2 aliphatic heterocycles. The fourth-order valence-corrected chi connectivity index (χ4v) is 3.89. The van der Waals surface area contributed by atoms with E-state index >= 15 is 0 Å². The van der Waals surface area contributed by atoms with Crippen LogP contribution in [0.5, 0.6) is 5.75 Å². The Morgan fingerprint density at radius 1 is 1.46 bits per heavy atom. The number of nitrogens with one attached hydrogen (secondary N) is 1. The molecule has 24 heavy (non-hydrogen) atoms. The minimum atomic E-state index is -0.924. The predicted octanol–water partition coefficient (Wildman–Crippen LogP) is 1.85. The zero-order valence-electron chi connectivity index (χ0n) is 14.1. The van der Waals surface area contributed by atoms with Crippen LogP contribution in [-0.4, -0.2) is 48.6 Å². The second kappa shape index (κ2) is 6.57. The van der Waals surface area contributed by atoms with Crippen LogP contribution in [0.25, 0.3) is 0 Å². The number of ether oxygens (including phenoxy) is 3. The van der Waals surface area contributed by atoms with Crippen molar-refractivity contribution in [3.8, 4) is 5.75 Å². The zero-order valence-corrected chi connectivity index (χ0v) is 14.9. The number of carbonyl (C=O) groups excluding carboxylic acids is 1. The largest absolute Gasteiger partial charge is 0.467 e. The summed E-state index contributed by atoms with van der Waals surface area (Å²) in [6, 6.07) is 7.43. The topological polar surface area (TPSA) is 60.0 Å². The van der Waals surface area contributed by atoms with E-state index in [0.29, 0.717) is 24.9 Å². The van der Waals surface area contributed by atoms with Crippen LogP contribution in [0.1, 0.15) is 25.5 Å². The molecule has 3 atom stereocenters. The number of thiocarbonyl (C=S) groups is 1. The summed E-state index contributed by atoms with van der Waals surface area (Å²) in [6.45, 7) is 5.00. The highest BCUT2D eigenvalue weighted by Gasteiger charge is 2.59. The van der Waals surface area contributed by atoms with Crippen LogP contribution in [0, 0.1) is 5.92 Å². The summed E-state index contributed by atoms with van der Waals surface area (Å²) < 4.78 is 16.8. The molecule has 3 rings (SSSR count). The van der Waals surface area contributed by atoms with Crippen molar-refractivity contribution in [2.75, 3.05) is 26.9 Å². The number of para-hydroxylation sites is 1. The molecule has 1 aromatic carbocycles. The first-order chi connectivity index (χ1) is 11.5. The van der Waals surface area contributed by atoms with Crippen LogP contribution in [0.15, 0.2) is 24.3 Å². The van der Waals surface area contributed by atoms with Crippen LogP contribution in [0.4, 0.5) is 0 Å². The summed E-state index contributed by atoms with van der Waals surface area (Å²) in [6.07, 6.45) is 0. The maximum absolute atomic E-state index is 12.7. The normalized spacial score (nSPS) is 27.8. The van der Waals surface area contributed by atoms with Crippen molar-refractivity contribution in [3.63, 3.8) is 0 Å². The maximum atomic E-state index is 12.7. The molecule has 0 unspecified atom stereocenters. The molecule has 130 valence electrons. The van der Waals surface area contributed by atoms with Gasteiger partial charge in [-0.25, -0.2) is 0 Å². The van der Waals surface area contributed by atoms with Crippen LogP contribution < -0.4 is 10.1 Å². The third kappa shape index (κ3) is 2.61. The molecule has 0 spiro atoms. The molecule has 0 aromatic heterocycles. The van der Waals surface area contributed by atoms with E-state index in [9.17, 15) is 4.79 Å². The van der Waals surface area contributed by atoms with Crippen molar-refractivity contribution in [1.82, 2.24) is 10.2 Å². The van der Waals surface area contributed by atoms with Gasteiger partial charge in [0.15, 0.2) is 10.8 Å². The highest BCUT2D eigenvalue weighted by atomic mass is 32.1. The first-order valence-electron chi connectivity index (χ1n) is 8.04. The Hall–Kier alpha value is -1.86. The summed E-state index contributed by atoms with van der Waals surface area (Å²) in [5.41, 5.74) is -0.00616. The molecule has 1 N–H and O–H groups in total. The van der Waals surface area contributed by atoms with Gasteiger partial charge in [-0.05, 0) is 32.1 Å². The third-order valence-electron chi connectivity index (χ3n) is 4.60. The summed E-state index contributed by atoms with van der Waals surface area (Å²) in [7, 11) is 1.63. The monoisotopic (exact) mass is 350 g/mol. The number of hydrogen-bond acceptors (Lipinski definition) is 5. The van der Waals surface area contributed by atoms with Crippen LogP contribution in [-0.2, 0) is 14.3 Å². The molecule has 2 bridgehead atoms. The van der Waals surface area contributed by atoms with E-state index in [2.05, 4.69) is 5.32 Å². The van der Waals surface area contributed by atoms with Crippen molar-refractivity contribution in [3.05, 3.63) is 29.8 Å². The maximum Gasteiger partial charge on any atom is 0.317 e. The van der Waals surface area contributed by atoms with E-state index in [1.54, 1.807) is 14.0 Å². The highest BCUT2D eigenvalue weighted by molar-refractivity contribution is 7.80. The molecule has 2 heterocycles. The summed E-state index contributed by atoms with van der Waals surface area (Å²) in [5.74, 6) is -0.0733. The molecule has 1 aromatic rings. The van der Waals surface area contributed by atoms with Crippen LogP contribution in [0.3, 0.4) is 0 Å². The Balaban J connectivity index is 2.07. The number of rotatable bonds is 5. The van der Waals surface area contributed by atoms with Crippen LogP contribution >= 0.6 is 12.2 Å². The lowest BCUT2D eigenvalue weighted by Gasteiger charge is -2.55. The van der Waals surface area contributed by atoms with Gasteiger partial charge in [0.05, 0.1) is 19.3 Å². The predicted molar refractivity (Wildman–Crippen MR) is 92.7 cm³/mol. The van der Waals surface area contributed by atoms with E-state index in [0.717, 1.165) is 11.3 Å². The number of hydrogen-bond donors (Lipinski definition) is 1. The van der Waals surface area contributed by atoms with Crippen molar-refractivity contribution >= 4 is 23.3 Å². The molecular weight excluding hydrogens is 328 g/mol. The molecular formula is C17H22N2O4S. The third-order valence-corrected chi connectivity index (χ3v) is 4.94. The van der Waals surface area contributed by atoms with Gasteiger partial charge in [0.2, 0.25) is 0 Å². The quantitative estimate of drug-likeness (QED) is 0.642.